The van der Waals surface area contributed by atoms with Crippen LogP contribution in [0.4, 0.5) is 0 Å². The van der Waals surface area contributed by atoms with Crippen LogP contribution in [0.1, 0.15) is 39.3 Å². The maximum atomic E-state index is 5.85. The highest BCUT2D eigenvalue weighted by atomic mass is 16.5. The molecule has 1 rings (SSSR count). The van der Waals surface area contributed by atoms with E-state index in [1.54, 1.807) is 0 Å². The van der Waals surface area contributed by atoms with E-state index in [0.29, 0.717) is 0 Å². The number of nitrogens with zero attached hydrogens (tertiary/aromatic N) is 1. The van der Waals surface area contributed by atoms with E-state index in [-0.39, 0.29) is 5.60 Å². The third-order valence-electron chi connectivity index (χ3n) is 2.69. The molecule has 0 unspecified atom stereocenters. The fraction of sp³-hybridized carbons (Fsp3) is 0.583. The Kier molecular flexibility index (Phi) is 4.08. The number of hydrogen-bond acceptors (Lipinski definition) is 2. The third kappa shape index (κ3) is 2.13. The summed E-state index contributed by atoms with van der Waals surface area (Å²) in [6.07, 6.45) is 3.76. The number of ether oxygens (including phenoxy) is 1. The van der Waals surface area contributed by atoms with Crippen molar-refractivity contribution < 1.29 is 4.74 Å². The predicted octanol–water partition coefficient (Wildman–Crippen LogP) is 3.13. The van der Waals surface area contributed by atoms with Crippen molar-refractivity contribution in [1.82, 2.24) is 4.98 Å². The van der Waals surface area contributed by atoms with Crippen LogP contribution in [0, 0.1) is 0 Å². The predicted molar refractivity (Wildman–Crippen MR) is 58.1 cm³/mol. The third-order valence-corrected chi connectivity index (χ3v) is 2.69. The van der Waals surface area contributed by atoms with Crippen molar-refractivity contribution in [3.8, 4) is 0 Å². The molecular formula is C12H19NO. The van der Waals surface area contributed by atoms with E-state index in [1.807, 2.05) is 31.3 Å². The molecule has 0 radical (unpaired) electrons. The van der Waals surface area contributed by atoms with Gasteiger partial charge in [0, 0.05) is 12.8 Å². The minimum absolute atomic E-state index is 0.185. The lowest BCUT2D eigenvalue weighted by atomic mass is 9.92. The van der Waals surface area contributed by atoms with Crippen LogP contribution < -0.4 is 0 Å². The van der Waals surface area contributed by atoms with E-state index in [4.69, 9.17) is 4.74 Å². The van der Waals surface area contributed by atoms with E-state index in [9.17, 15) is 0 Å². The normalized spacial score (nSPS) is 11.6. The number of hydrogen-bond donors (Lipinski definition) is 0. The summed E-state index contributed by atoms with van der Waals surface area (Å²) in [7, 11) is 0. The molecule has 0 bridgehead atoms. The van der Waals surface area contributed by atoms with Gasteiger partial charge in [0.2, 0.25) is 0 Å². The molecular weight excluding hydrogens is 174 g/mol. The second-order valence-corrected chi connectivity index (χ2v) is 3.35. The largest absolute Gasteiger partial charge is 0.369 e. The van der Waals surface area contributed by atoms with Gasteiger partial charge in [-0.3, -0.25) is 4.98 Å². The average molecular weight is 193 g/mol. The molecule has 0 atom stereocenters. The Morgan fingerprint density at radius 2 is 1.93 bits per heavy atom. The summed E-state index contributed by atoms with van der Waals surface area (Å²) < 4.78 is 5.85. The van der Waals surface area contributed by atoms with Gasteiger partial charge in [0.25, 0.3) is 0 Å². The molecule has 0 aliphatic heterocycles. The quantitative estimate of drug-likeness (QED) is 0.716. The Morgan fingerprint density at radius 3 is 2.36 bits per heavy atom. The number of rotatable bonds is 5. The van der Waals surface area contributed by atoms with Crippen LogP contribution in [0.3, 0.4) is 0 Å². The van der Waals surface area contributed by atoms with Crippen molar-refractivity contribution in [3.05, 3.63) is 30.1 Å². The Labute approximate surface area is 86.3 Å². The molecule has 1 heterocycles. The molecule has 0 N–H and O–H groups in total. The van der Waals surface area contributed by atoms with Crippen LogP contribution in [-0.2, 0) is 10.3 Å². The maximum absolute atomic E-state index is 5.85. The van der Waals surface area contributed by atoms with Crippen molar-refractivity contribution in [3.63, 3.8) is 0 Å². The summed E-state index contributed by atoms with van der Waals surface area (Å²) in [6.45, 7) is 7.06. The summed E-state index contributed by atoms with van der Waals surface area (Å²) >= 11 is 0. The van der Waals surface area contributed by atoms with Crippen molar-refractivity contribution in [2.45, 2.75) is 39.2 Å². The first-order chi connectivity index (χ1) is 6.79. The zero-order valence-corrected chi connectivity index (χ0v) is 9.29. The maximum Gasteiger partial charge on any atom is 0.109 e. The SMILES string of the molecule is CCOC(CC)(CC)c1ccccn1. The molecule has 0 saturated heterocycles. The van der Waals surface area contributed by atoms with Gasteiger partial charge in [0.15, 0.2) is 0 Å². The zero-order chi connectivity index (χ0) is 10.4. The van der Waals surface area contributed by atoms with E-state index >= 15 is 0 Å². The Hall–Kier alpha value is -0.890. The average Bonchev–Trinajstić information content (AvgIpc) is 2.27. The lowest BCUT2D eigenvalue weighted by molar-refractivity contribution is -0.0537. The molecule has 14 heavy (non-hydrogen) atoms. The van der Waals surface area contributed by atoms with E-state index in [2.05, 4.69) is 18.8 Å². The standard InChI is InChI=1S/C12H19NO/c1-4-12(5-2,14-6-3)11-9-7-8-10-13-11/h7-10H,4-6H2,1-3H3. The number of pyridine rings is 1. The van der Waals surface area contributed by atoms with Gasteiger partial charge >= 0.3 is 0 Å². The molecule has 1 aromatic heterocycles. The van der Waals surface area contributed by atoms with Crippen molar-refractivity contribution >= 4 is 0 Å². The highest BCUT2D eigenvalue weighted by Gasteiger charge is 2.29. The van der Waals surface area contributed by atoms with Gasteiger partial charge in [-0.2, -0.15) is 0 Å². The first-order valence-electron chi connectivity index (χ1n) is 5.34. The van der Waals surface area contributed by atoms with Crippen LogP contribution in [0.2, 0.25) is 0 Å². The molecule has 78 valence electrons. The van der Waals surface area contributed by atoms with Crippen LogP contribution >= 0.6 is 0 Å². The summed E-state index contributed by atoms with van der Waals surface area (Å²) in [5.74, 6) is 0. The molecule has 2 nitrogen and oxygen atoms in total. The summed E-state index contributed by atoms with van der Waals surface area (Å²) in [6, 6.07) is 6.00. The van der Waals surface area contributed by atoms with E-state index < -0.39 is 0 Å². The van der Waals surface area contributed by atoms with Crippen molar-refractivity contribution in [2.24, 2.45) is 0 Å². The highest BCUT2D eigenvalue weighted by Crippen LogP contribution is 2.31. The molecule has 2 heteroatoms. The van der Waals surface area contributed by atoms with Gasteiger partial charge in [0.05, 0.1) is 5.69 Å². The van der Waals surface area contributed by atoms with Crippen LogP contribution in [0.15, 0.2) is 24.4 Å². The number of aromatic nitrogens is 1. The highest BCUT2D eigenvalue weighted by molar-refractivity contribution is 5.13. The molecule has 1 aromatic rings. The molecule has 0 saturated carbocycles. The first kappa shape index (κ1) is 11.2. The Morgan fingerprint density at radius 1 is 1.21 bits per heavy atom. The second kappa shape index (κ2) is 5.11. The fourth-order valence-corrected chi connectivity index (χ4v) is 1.80. The van der Waals surface area contributed by atoms with Gasteiger partial charge in [0.1, 0.15) is 5.60 Å². The van der Waals surface area contributed by atoms with Crippen LogP contribution in [-0.4, -0.2) is 11.6 Å². The molecule has 0 aromatic carbocycles. The Bertz CT molecular complexity index is 254. The van der Waals surface area contributed by atoms with Gasteiger partial charge in [-0.15, -0.1) is 0 Å². The molecule has 0 fully saturated rings. The summed E-state index contributed by atoms with van der Waals surface area (Å²) in [4.78, 5) is 4.39. The minimum Gasteiger partial charge on any atom is -0.369 e. The second-order valence-electron chi connectivity index (χ2n) is 3.35. The van der Waals surface area contributed by atoms with E-state index in [0.717, 1.165) is 25.1 Å². The van der Waals surface area contributed by atoms with Crippen LogP contribution in [0.5, 0.6) is 0 Å². The van der Waals surface area contributed by atoms with Gasteiger partial charge in [-0.1, -0.05) is 19.9 Å². The van der Waals surface area contributed by atoms with Crippen molar-refractivity contribution in [1.29, 1.82) is 0 Å². The summed E-state index contributed by atoms with van der Waals surface area (Å²) in [5, 5.41) is 0. The molecule has 0 spiro atoms. The van der Waals surface area contributed by atoms with E-state index in [1.165, 1.54) is 0 Å². The Balaban J connectivity index is 2.98. The monoisotopic (exact) mass is 193 g/mol. The minimum atomic E-state index is -0.185. The smallest absolute Gasteiger partial charge is 0.109 e. The lowest BCUT2D eigenvalue weighted by Crippen LogP contribution is -2.29. The first-order valence-corrected chi connectivity index (χ1v) is 5.34. The lowest BCUT2D eigenvalue weighted by Gasteiger charge is -2.30. The topological polar surface area (TPSA) is 22.1 Å². The molecule has 0 aliphatic rings. The van der Waals surface area contributed by atoms with Gasteiger partial charge in [-0.25, -0.2) is 0 Å². The van der Waals surface area contributed by atoms with Crippen molar-refractivity contribution in [2.75, 3.05) is 6.61 Å². The van der Waals surface area contributed by atoms with Crippen LogP contribution in [0.25, 0.3) is 0 Å². The zero-order valence-electron chi connectivity index (χ0n) is 9.29. The van der Waals surface area contributed by atoms with Gasteiger partial charge in [-0.05, 0) is 31.9 Å². The fourth-order valence-electron chi connectivity index (χ4n) is 1.80. The summed E-state index contributed by atoms with van der Waals surface area (Å²) in [5.41, 5.74) is 0.863. The van der Waals surface area contributed by atoms with Gasteiger partial charge < -0.3 is 4.74 Å². The molecule has 0 aliphatic carbocycles. The molecule has 0 amide bonds.